The Hall–Kier alpha value is -5.12. The molecule has 208 valence electrons. The molecule has 0 aromatic heterocycles. The van der Waals surface area contributed by atoms with Gasteiger partial charge in [-0.15, -0.1) is 0 Å². The molecule has 3 aromatic rings. The fourth-order valence-electron chi connectivity index (χ4n) is 5.74. The average molecular weight is 554 g/mol. The molecule has 6 rings (SSSR count). The summed E-state index contributed by atoms with van der Waals surface area (Å²) in [5.41, 5.74) is 3.31. The first kappa shape index (κ1) is 26.1. The number of anilines is 1. The van der Waals surface area contributed by atoms with E-state index in [1.807, 2.05) is 6.07 Å². The first-order chi connectivity index (χ1) is 19.8. The minimum Gasteiger partial charge on any atom is -0.507 e. The number of Topliss-reactive ketones (excluding diaryl/α,β-unsaturated/α-hetero) is 1. The molecule has 0 radical (unpaired) electrons. The van der Waals surface area contributed by atoms with E-state index in [1.54, 1.807) is 61.4 Å². The van der Waals surface area contributed by atoms with Crippen LogP contribution >= 0.6 is 0 Å². The third-order valence-electron chi connectivity index (χ3n) is 7.75. The van der Waals surface area contributed by atoms with Gasteiger partial charge in [-0.1, -0.05) is 12.1 Å². The smallest absolute Gasteiger partial charge is 0.271 e. The number of non-ortho nitro benzene ring substituents is 1. The van der Waals surface area contributed by atoms with Crippen molar-refractivity contribution in [1.82, 2.24) is 0 Å². The summed E-state index contributed by atoms with van der Waals surface area (Å²) in [6, 6.07) is 16.6. The van der Waals surface area contributed by atoms with Gasteiger partial charge in [-0.25, -0.2) is 0 Å². The monoisotopic (exact) mass is 553 g/mol. The Morgan fingerprint density at radius 1 is 1.07 bits per heavy atom. The normalized spacial score (nSPS) is 19.3. The number of aliphatic hydroxyl groups excluding tert-OH is 1. The van der Waals surface area contributed by atoms with Crippen molar-refractivity contribution in [2.75, 3.05) is 18.8 Å². The summed E-state index contributed by atoms with van der Waals surface area (Å²) in [5, 5.41) is 33.0. The maximum atomic E-state index is 13.7. The molecule has 1 aliphatic carbocycles. The second-order valence-corrected chi connectivity index (χ2v) is 10.1. The molecule has 0 saturated heterocycles. The van der Waals surface area contributed by atoms with Crippen LogP contribution < -0.4 is 19.1 Å². The van der Waals surface area contributed by atoms with Crippen LogP contribution in [0, 0.1) is 22.4 Å². The van der Waals surface area contributed by atoms with E-state index in [0.29, 0.717) is 70.2 Å². The fourth-order valence-corrected chi connectivity index (χ4v) is 5.74. The lowest BCUT2D eigenvalue weighted by atomic mass is 9.73. The third kappa shape index (κ3) is 4.37. The first-order valence-electron chi connectivity index (χ1n) is 13.2. The average Bonchev–Trinajstić information content (AvgIpc) is 3.45. The number of aliphatic hydroxyl groups is 1. The summed E-state index contributed by atoms with van der Waals surface area (Å²) in [5.74, 6) is 0.546. The van der Waals surface area contributed by atoms with Crippen molar-refractivity contribution in [3.05, 3.63) is 104 Å². The highest BCUT2D eigenvalue weighted by Crippen LogP contribution is 2.50. The van der Waals surface area contributed by atoms with Gasteiger partial charge < -0.3 is 19.3 Å². The SMILES string of the molecule is COc1ccc(C(O)=C2C(=N)N(c3cc([N+](=O)[O-])ccc3C)C3=C(C(=O)CCC3)[C@@H]2c2ccc3c(c2)OCO3)cc1. The van der Waals surface area contributed by atoms with E-state index < -0.39 is 10.8 Å². The van der Waals surface area contributed by atoms with Gasteiger partial charge in [-0.2, -0.15) is 0 Å². The zero-order valence-electron chi connectivity index (χ0n) is 22.5. The lowest BCUT2D eigenvalue weighted by Gasteiger charge is -2.42. The number of nitro benzene ring substituents is 1. The zero-order valence-corrected chi connectivity index (χ0v) is 22.5. The molecule has 41 heavy (non-hydrogen) atoms. The fraction of sp³-hybridized carbons (Fsp3) is 0.226. The summed E-state index contributed by atoms with van der Waals surface area (Å²) < 4.78 is 16.4. The standard InChI is InChI=1S/C31H27N3O7/c1-17-6-10-20(34(37)38)15-23(17)33-22-4-3-5-24(35)28(22)27(19-9-13-25-26(14-19)41-16-40-25)29(31(33)32)30(36)18-7-11-21(39-2)12-8-18/h6-15,27,32,36H,3-5,16H2,1-2H3/t27-/m0/s1. The van der Waals surface area contributed by atoms with Gasteiger partial charge in [0.25, 0.3) is 5.69 Å². The maximum Gasteiger partial charge on any atom is 0.271 e. The van der Waals surface area contributed by atoms with Crippen LogP contribution in [0.2, 0.25) is 0 Å². The molecule has 2 heterocycles. The molecular formula is C31H27N3O7. The second-order valence-electron chi connectivity index (χ2n) is 10.1. The number of benzene rings is 3. The van der Waals surface area contributed by atoms with Crippen LogP contribution in [0.3, 0.4) is 0 Å². The summed E-state index contributed by atoms with van der Waals surface area (Å²) in [6.07, 6.45) is 1.38. The van der Waals surface area contributed by atoms with Gasteiger partial charge in [0, 0.05) is 46.9 Å². The van der Waals surface area contributed by atoms with Crippen LogP contribution in [0.15, 0.2) is 77.5 Å². The molecule has 3 aromatic carbocycles. The largest absolute Gasteiger partial charge is 0.507 e. The Balaban J connectivity index is 1.65. The Bertz CT molecular complexity index is 1670. The number of hydrogen-bond donors (Lipinski definition) is 2. The highest BCUT2D eigenvalue weighted by atomic mass is 16.7. The van der Waals surface area contributed by atoms with Crippen molar-refractivity contribution in [2.24, 2.45) is 0 Å². The molecule has 0 bridgehead atoms. The molecule has 10 heteroatoms. The van der Waals surface area contributed by atoms with Gasteiger partial charge in [-0.05, 0) is 67.3 Å². The van der Waals surface area contributed by atoms with Gasteiger partial charge in [0.2, 0.25) is 6.79 Å². The molecular weight excluding hydrogens is 526 g/mol. The molecule has 2 aliphatic heterocycles. The van der Waals surface area contributed by atoms with E-state index in [0.717, 1.165) is 0 Å². The van der Waals surface area contributed by atoms with Gasteiger partial charge >= 0.3 is 0 Å². The van der Waals surface area contributed by atoms with Crippen LogP contribution in [0.4, 0.5) is 11.4 Å². The van der Waals surface area contributed by atoms with E-state index in [9.17, 15) is 25.4 Å². The van der Waals surface area contributed by atoms with Crippen LogP contribution in [0.5, 0.6) is 17.2 Å². The molecule has 0 amide bonds. The number of fused-ring (bicyclic) bond motifs is 1. The Morgan fingerprint density at radius 3 is 2.56 bits per heavy atom. The zero-order chi connectivity index (χ0) is 28.8. The number of aryl methyl sites for hydroxylation is 1. The molecule has 2 N–H and O–H groups in total. The van der Waals surface area contributed by atoms with Crippen molar-refractivity contribution < 1.29 is 29.0 Å². The summed E-state index contributed by atoms with van der Waals surface area (Å²) in [6.45, 7) is 1.87. The lowest BCUT2D eigenvalue weighted by molar-refractivity contribution is -0.384. The number of nitrogens with zero attached hydrogens (tertiary/aromatic N) is 2. The Kier molecular flexibility index (Phi) is 6.45. The molecule has 0 fully saturated rings. The number of nitrogens with one attached hydrogen (secondary N) is 1. The van der Waals surface area contributed by atoms with Crippen molar-refractivity contribution >= 4 is 28.8 Å². The summed E-state index contributed by atoms with van der Waals surface area (Å²) in [7, 11) is 1.54. The van der Waals surface area contributed by atoms with Crippen molar-refractivity contribution in [3.8, 4) is 17.2 Å². The van der Waals surface area contributed by atoms with E-state index in [2.05, 4.69) is 0 Å². The van der Waals surface area contributed by atoms with Crippen molar-refractivity contribution in [2.45, 2.75) is 32.1 Å². The highest BCUT2D eigenvalue weighted by molar-refractivity contribution is 6.20. The van der Waals surface area contributed by atoms with E-state index >= 15 is 0 Å². The number of allylic oxidation sites excluding steroid dienone is 2. The van der Waals surface area contributed by atoms with Crippen molar-refractivity contribution in [1.29, 1.82) is 5.41 Å². The van der Waals surface area contributed by atoms with Gasteiger partial charge in [-0.3, -0.25) is 25.2 Å². The summed E-state index contributed by atoms with van der Waals surface area (Å²) >= 11 is 0. The number of amidine groups is 1. The highest BCUT2D eigenvalue weighted by Gasteiger charge is 2.44. The van der Waals surface area contributed by atoms with Crippen LogP contribution in [0.25, 0.3) is 5.76 Å². The molecule has 0 saturated carbocycles. The molecule has 0 spiro atoms. The topological polar surface area (TPSA) is 135 Å². The lowest BCUT2D eigenvalue weighted by Crippen LogP contribution is -2.42. The van der Waals surface area contributed by atoms with E-state index in [1.165, 1.54) is 12.1 Å². The number of hydrogen-bond acceptors (Lipinski definition) is 8. The molecule has 10 nitrogen and oxygen atoms in total. The van der Waals surface area contributed by atoms with Crippen molar-refractivity contribution in [3.63, 3.8) is 0 Å². The third-order valence-corrected chi connectivity index (χ3v) is 7.75. The van der Waals surface area contributed by atoms with Crippen LogP contribution in [-0.2, 0) is 4.79 Å². The van der Waals surface area contributed by atoms with Gasteiger partial charge in [0.05, 0.1) is 17.7 Å². The van der Waals surface area contributed by atoms with Gasteiger partial charge in [0.1, 0.15) is 17.3 Å². The molecule has 3 aliphatic rings. The summed E-state index contributed by atoms with van der Waals surface area (Å²) in [4.78, 5) is 26.5. The number of ether oxygens (including phenoxy) is 3. The number of ketones is 1. The van der Waals surface area contributed by atoms with Gasteiger partial charge in [0.15, 0.2) is 17.3 Å². The van der Waals surface area contributed by atoms with E-state index in [-0.39, 0.29) is 35.4 Å². The molecule has 0 unspecified atom stereocenters. The number of carbonyl (C=O) groups is 1. The van der Waals surface area contributed by atoms with Crippen LogP contribution in [0.1, 0.15) is 41.9 Å². The quantitative estimate of drug-likeness (QED) is 0.217. The number of rotatable bonds is 5. The number of nitro groups is 1. The minimum absolute atomic E-state index is 0.0713. The minimum atomic E-state index is -0.780. The Morgan fingerprint density at radius 2 is 1.83 bits per heavy atom. The predicted octanol–water partition coefficient (Wildman–Crippen LogP) is 6.20. The first-order valence-corrected chi connectivity index (χ1v) is 13.2. The number of carbonyl (C=O) groups excluding carboxylic acids is 1. The van der Waals surface area contributed by atoms with Crippen LogP contribution in [-0.4, -0.2) is 35.6 Å². The number of methoxy groups -OCH3 is 1. The predicted molar refractivity (Wildman–Crippen MR) is 152 cm³/mol. The maximum absolute atomic E-state index is 13.7. The van der Waals surface area contributed by atoms with E-state index in [4.69, 9.17) is 14.2 Å². The molecule has 1 atom stereocenters. The second kappa shape index (κ2) is 10.1. The Labute approximate surface area is 235 Å².